The molecule has 3 nitrogen and oxygen atoms in total. The smallest absolute Gasteiger partial charge is 0.0701 e. The second kappa shape index (κ2) is 9.92. The van der Waals surface area contributed by atoms with Crippen LogP contribution < -0.4 is 5.32 Å². The number of nitrogens with one attached hydrogen (secondary N) is 1. The van der Waals surface area contributed by atoms with E-state index in [9.17, 15) is 0 Å². The van der Waals surface area contributed by atoms with Gasteiger partial charge in [-0.1, -0.05) is 31.5 Å². The number of anilines is 1. The third-order valence-corrected chi connectivity index (χ3v) is 2.72. The van der Waals surface area contributed by atoms with E-state index in [0.717, 1.165) is 19.6 Å². The first-order chi connectivity index (χ1) is 8.84. The van der Waals surface area contributed by atoms with E-state index in [1.807, 2.05) is 12.1 Å². The van der Waals surface area contributed by atoms with Gasteiger partial charge in [0.15, 0.2) is 0 Å². The molecule has 0 atom stereocenters. The van der Waals surface area contributed by atoms with Crippen molar-refractivity contribution in [1.29, 1.82) is 0 Å². The molecule has 1 aromatic carbocycles. The summed E-state index contributed by atoms with van der Waals surface area (Å²) in [5.74, 6) is 0. The van der Waals surface area contributed by atoms with E-state index >= 15 is 0 Å². The molecule has 0 bridgehead atoms. The van der Waals surface area contributed by atoms with Crippen molar-refractivity contribution in [3.8, 4) is 0 Å². The maximum Gasteiger partial charge on any atom is 0.0701 e. The van der Waals surface area contributed by atoms with Gasteiger partial charge in [0.1, 0.15) is 0 Å². The van der Waals surface area contributed by atoms with Crippen molar-refractivity contribution in [3.05, 3.63) is 29.8 Å². The molecule has 1 rings (SSSR count). The number of para-hydroxylation sites is 1. The normalized spacial score (nSPS) is 10.6. The summed E-state index contributed by atoms with van der Waals surface area (Å²) in [7, 11) is 0. The van der Waals surface area contributed by atoms with E-state index in [4.69, 9.17) is 9.47 Å². The average molecular weight is 251 g/mol. The molecule has 0 aliphatic heterocycles. The van der Waals surface area contributed by atoms with Gasteiger partial charge in [-0.25, -0.2) is 0 Å². The van der Waals surface area contributed by atoms with Gasteiger partial charge in [-0.2, -0.15) is 0 Å². The molecule has 0 saturated heterocycles. The van der Waals surface area contributed by atoms with Crippen LogP contribution in [0.1, 0.15) is 25.3 Å². The second-order valence-corrected chi connectivity index (χ2v) is 4.32. The molecule has 1 aromatic rings. The lowest BCUT2D eigenvalue weighted by Gasteiger charge is -2.09. The third kappa shape index (κ3) is 6.62. The predicted molar refractivity (Wildman–Crippen MR) is 76.2 cm³/mol. The summed E-state index contributed by atoms with van der Waals surface area (Å²) in [4.78, 5) is 0. The fourth-order valence-electron chi connectivity index (χ4n) is 1.60. The van der Waals surface area contributed by atoms with E-state index in [1.165, 1.54) is 17.7 Å². The molecule has 0 radical (unpaired) electrons. The Kier molecular flexibility index (Phi) is 8.26. The summed E-state index contributed by atoms with van der Waals surface area (Å²) in [5.41, 5.74) is 2.45. The lowest BCUT2D eigenvalue weighted by atomic mass is 10.2. The molecule has 102 valence electrons. The van der Waals surface area contributed by atoms with Gasteiger partial charge in [0.05, 0.1) is 19.8 Å². The van der Waals surface area contributed by atoms with Crippen LogP contribution in [0, 0.1) is 6.92 Å². The van der Waals surface area contributed by atoms with Crippen molar-refractivity contribution in [3.63, 3.8) is 0 Å². The van der Waals surface area contributed by atoms with Crippen molar-refractivity contribution in [1.82, 2.24) is 0 Å². The van der Waals surface area contributed by atoms with Gasteiger partial charge in [0, 0.05) is 18.8 Å². The molecular weight excluding hydrogens is 226 g/mol. The molecule has 0 unspecified atom stereocenters. The minimum Gasteiger partial charge on any atom is -0.383 e. The molecule has 18 heavy (non-hydrogen) atoms. The molecule has 0 aliphatic carbocycles. The van der Waals surface area contributed by atoms with Gasteiger partial charge >= 0.3 is 0 Å². The van der Waals surface area contributed by atoms with Gasteiger partial charge in [0.2, 0.25) is 0 Å². The Morgan fingerprint density at radius 2 is 1.72 bits per heavy atom. The van der Waals surface area contributed by atoms with Crippen LogP contribution in [0.25, 0.3) is 0 Å². The number of ether oxygens (including phenoxy) is 2. The van der Waals surface area contributed by atoms with E-state index in [-0.39, 0.29) is 0 Å². The molecule has 0 fully saturated rings. The zero-order valence-electron chi connectivity index (χ0n) is 11.6. The van der Waals surface area contributed by atoms with Crippen molar-refractivity contribution in [2.24, 2.45) is 0 Å². The second-order valence-electron chi connectivity index (χ2n) is 4.32. The molecule has 0 amide bonds. The highest BCUT2D eigenvalue weighted by Crippen LogP contribution is 2.12. The van der Waals surface area contributed by atoms with Crippen molar-refractivity contribution in [2.45, 2.75) is 26.7 Å². The molecule has 1 N–H and O–H groups in total. The Hall–Kier alpha value is -1.06. The van der Waals surface area contributed by atoms with Crippen LogP contribution in [0.5, 0.6) is 0 Å². The highest BCUT2D eigenvalue weighted by molar-refractivity contribution is 5.50. The highest BCUT2D eigenvalue weighted by atomic mass is 16.5. The van der Waals surface area contributed by atoms with Crippen LogP contribution in [-0.2, 0) is 9.47 Å². The fraction of sp³-hybridized carbons (Fsp3) is 0.600. The molecule has 0 spiro atoms. The molecule has 0 heterocycles. The van der Waals surface area contributed by atoms with Crippen molar-refractivity contribution >= 4 is 5.69 Å². The quantitative estimate of drug-likeness (QED) is 0.648. The Labute approximate surface area is 110 Å². The maximum atomic E-state index is 5.49. The van der Waals surface area contributed by atoms with E-state index < -0.39 is 0 Å². The number of hydrogen-bond acceptors (Lipinski definition) is 3. The number of unbranched alkanes of at least 4 members (excludes halogenated alkanes) is 1. The number of benzene rings is 1. The van der Waals surface area contributed by atoms with Gasteiger partial charge < -0.3 is 14.8 Å². The van der Waals surface area contributed by atoms with Crippen LogP contribution in [0.4, 0.5) is 5.69 Å². The minimum absolute atomic E-state index is 0.680. The summed E-state index contributed by atoms with van der Waals surface area (Å²) in [6, 6.07) is 8.27. The molecular formula is C15H25NO2. The predicted octanol–water partition coefficient (Wildman–Crippen LogP) is 3.24. The Bertz CT molecular complexity index is 315. The minimum atomic E-state index is 0.680. The van der Waals surface area contributed by atoms with Gasteiger partial charge in [0.25, 0.3) is 0 Å². The first-order valence-electron chi connectivity index (χ1n) is 6.79. The monoisotopic (exact) mass is 251 g/mol. The topological polar surface area (TPSA) is 30.5 Å². The van der Waals surface area contributed by atoms with Crippen LogP contribution in [0.3, 0.4) is 0 Å². The first kappa shape index (κ1) is 15.0. The average Bonchev–Trinajstić information content (AvgIpc) is 2.39. The molecule has 0 aromatic heterocycles. The van der Waals surface area contributed by atoms with Crippen LogP contribution >= 0.6 is 0 Å². The lowest BCUT2D eigenvalue weighted by Crippen LogP contribution is -2.13. The largest absolute Gasteiger partial charge is 0.383 e. The number of hydrogen-bond donors (Lipinski definition) is 1. The Morgan fingerprint density at radius 3 is 2.44 bits per heavy atom. The van der Waals surface area contributed by atoms with Crippen molar-refractivity contribution < 1.29 is 9.47 Å². The van der Waals surface area contributed by atoms with Crippen LogP contribution in [0.2, 0.25) is 0 Å². The molecule has 0 saturated carbocycles. The third-order valence-electron chi connectivity index (χ3n) is 2.72. The van der Waals surface area contributed by atoms with Crippen LogP contribution in [-0.4, -0.2) is 33.0 Å². The summed E-state index contributed by atoms with van der Waals surface area (Å²) < 4.78 is 10.9. The molecule has 0 aliphatic rings. The van der Waals surface area contributed by atoms with E-state index in [1.54, 1.807) is 0 Å². The van der Waals surface area contributed by atoms with Gasteiger partial charge in [-0.15, -0.1) is 0 Å². The summed E-state index contributed by atoms with van der Waals surface area (Å²) in [6.45, 7) is 8.04. The summed E-state index contributed by atoms with van der Waals surface area (Å²) >= 11 is 0. The van der Waals surface area contributed by atoms with E-state index in [0.29, 0.717) is 19.8 Å². The summed E-state index contributed by atoms with van der Waals surface area (Å²) in [5, 5.41) is 3.36. The Balaban J connectivity index is 1.94. The zero-order chi connectivity index (χ0) is 13.1. The molecule has 3 heteroatoms. The van der Waals surface area contributed by atoms with Crippen LogP contribution in [0.15, 0.2) is 24.3 Å². The number of aryl methyl sites for hydroxylation is 1. The lowest BCUT2D eigenvalue weighted by molar-refractivity contribution is 0.0505. The highest BCUT2D eigenvalue weighted by Gasteiger charge is 1.95. The summed E-state index contributed by atoms with van der Waals surface area (Å²) in [6.07, 6.45) is 2.32. The van der Waals surface area contributed by atoms with Crippen molar-refractivity contribution in [2.75, 3.05) is 38.3 Å². The fourth-order valence-corrected chi connectivity index (χ4v) is 1.60. The van der Waals surface area contributed by atoms with Gasteiger partial charge in [-0.05, 0) is 25.0 Å². The maximum absolute atomic E-state index is 5.49. The standard InChI is InChI=1S/C15H25NO2/c1-3-4-10-17-12-13-18-11-9-16-15-8-6-5-7-14(15)2/h5-8,16H,3-4,9-13H2,1-2H3. The zero-order valence-corrected chi connectivity index (χ0v) is 11.6. The number of rotatable bonds is 10. The first-order valence-corrected chi connectivity index (χ1v) is 6.79. The van der Waals surface area contributed by atoms with Gasteiger partial charge in [-0.3, -0.25) is 0 Å². The Morgan fingerprint density at radius 1 is 1.00 bits per heavy atom. The van der Waals surface area contributed by atoms with E-state index in [2.05, 4.69) is 31.3 Å². The SMILES string of the molecule is CCCCOCCOCCNc1ccccc1C.